The number of anilines is 1. The second-order valence-electron chi connectivity index (χ2n) is 11.3. The predicted molar refractivity (Wildman–Crippen MR) is 139 cm³/mol. The van der Waals surface area contributed by atoms with E-state index < -0.39 is 46.2 Å². The lowest BCUT2D eigenvalue weighted by Gasteiger charge is -2.44. The number of fused-ring (bicyclic) bond motifs is 3. The molecule has 1 saturated heterocycles. The molecule has 3 amide bonds. The monoisotopic (exact) mass is 577 g/mol. The van der Waals surface area contributed by atoms with Crippen LogP contribution in [0.3, 0.4) is 0 Å². The number of piperidine rings is 1. The van der Waals surface area contributed by atoms with Crippen molar-refractivity contribution in [3.63, 3.8) is 0 Å². The van der Waals surface area contributed by atoms with Crippen molar-refractivity contribution in [2.75, 3.05) is 31.6 Å². The number of halogens is 4. The molecule has 3 heterocycles. The number of ether oxygens (including phenoxy) is 1. The molecule has 0 unspecified atom stereocenters. The summed E-state index contributed by atoms with van der Waals surface area (Å²) in [5.74, 6) is -2.02. The smallest absolute Gasteiger partial charge is 0.417 e. The van der Waals surface area contributed by atoms with E-state index in [1.54, 1.807) is 19.1 Å². The van der Waals surface area contributed by atoms with Crippen LogP contribution in [0.25, 0.3) is 0 Å². The fourth-order valence-corrected chi connectivity index (χ4v) is 6.64. The summed E-state index contributed by atoms with van der Waals surface area (Å²) in [6.45, 7) is 3.15. The lowest BCUT2D eigenvalue weighted by atomic mass is 9.73. The highest BCUT2D eigenvalue weighted by molar-refractivity contribution is 6.31. The number of nitrogens with one attached hydrogen (secondary N) is 1. The van der Waals surface area contributed by atoms with Crippen LogP contribution in [0.15, 0.2) is 30.3 Å². The SMILES string of the molecule is CC1(O)CC(N2C(=O)c3cc(OCCN4CCC5(CC4)C(=O)Nc4ccc(Cl)cc45)cc(C(F)(F)F)c3C2=O)C1. The van der Waals surface area contributed by atoms with Crippen molar-refractivity contribution < 1.29 is 37.4 Å². The number of alkyl halides is 3. The Morgan fingerprint density at radius 1 is 1.10 bits per heavy atom. The van der Waals surface area contributed by atoms with Crippen LogP contribution in [0.1, 0.15) is 64.4 Å². The maximum absolute atomic E-state index is 14.0. The molecule has 2 aromatic carbocycles. The first-order chi connectivity index (χ1) is 18.8. The van der Waals surface area contributed by atoms with Crippen LogP contribution in [0.5, 0.6) is 5.75 Å². The number of aliphatic hydroxyl groups is 1. The molecular weight excluding hydrogens is 551 g/mol. The van der Waals surface area contributed by atoms with Gasteiger partial charge in [-0.1, -0.05) is 11.6 Å². The summed E-state index contributed by atoms with van der Waals surface area (Å²) in [7, 11) is 0. The van der Waals surface area contributed by atoms with Gasteiger partial charge in [-0.2, -0.15) is 13.2 Å². The summed E-state index contributed by atoms with van der Waals surface area (Å²) in [4.78, 5) is 41.7. The molecule has 2 aromatic rings. The normalized spacial score (nSPS) is 25.6. The van der Waals surface area contributed by atoms with Gasteiger partial charge in [-0.05, 0) is 81.6 Å². The second-order valence-corrected chi connectivity index (χ2v) is 11.8. The molecule has 3 aliphatic heterocycles. The lowest BCUT2D eigenvalue weighted by Crippen LogP contribution is -2.55. The zero-order valence-electron chi connectivity index (χ0n) is 21.6. The number of hydrogen-bond acceptors (Lipinski definition) is 6. The maximum Gasteiger partial charge on any atom is 0.417 e. The standard InChI is InChI=1S/C28H27ClF3N3O5/c1-26(39)13-16(14-26)35-23(36)18-11-17(12-20(28(30,31)32)22(18)24(35)37)40-9-8-34-6-4-27(5-7-34)19-10-15(29)2-3-21(19)33-25(27)38/h2-3,10-12,16,39H,4-9,13-14H2,1H3,(H,33,38). The molecule has 0 aromatic heterocycles. The lowest BCUT2D eigenvalue weighted by molar-refractivity contribution is -0.138. The van der Waals surface area contributed by atoms with Crippen molar-refractivity contribution in [2.24, 2.45) is 0 Å². The van der Waals surface area contributed by atoms with E-state index in [-0.39, 0.29) is 36.7 Å². The topological polar surface area (TPSA) is 99.2 Å². The molecular formula is C28H27ClF3N3O5. The van der Waals surface area contributed by atoms with Crippen molar-refractivity contribution in [3.05, 3.63) is 57.6 Å². The molecule has 0 radical (unpaired) electrons. The molecule has 40 heavy (non-hydrogen) atoms. The highest BCUT2D eigenvalue weighted by atomic mass is 35.5. The summed E-state index contributed by atoms with van der Waals surface area (Å²) >= 11 is 6.18. The highest BCUT2D eigenvalue weighted by Gasteiger charge is 2.52. The van der Waals surface area contributed by atoms with Gasteiger partial charge in [0.1, 0.15) is 12.4 Å². The Balaban J connectivity index is 1.13. The van der Waals surface area contributed by atoms with Gasteiger partial charge in [0.25, 0.3) is 11.8 Å². The number of benzene rings is 2. The third-order valence-electron chi connectivity index (χ3n) is 8.58. The van der Waals surface area contributed by atoms with E-state index in [0.717, 1.165) is 22.2 Å². The van der Waals surface area contributed by atoms with Crippen LogP contribution in [0, 0.1) is 0 Å². The van der Waals surface area contributed by atoms with E-state index in [9.17, 15) is 32.7 Å². The van der Waals surface area contributed by atoms with Gasteiger partial charge < -0.3 is 15.2 Å². The van der Waals surface area contributed by atoms with Crippen LogP contribution in [0.2, 0.25) is 5.02 Å². The third-order valence-corrected chi connectivity index (χ3v) is 8.82. The average Bonchev–Trinajstić information content (AvgIpc) is 3.27. The number of nitrogens with zero attached hydrogens (tertiary/aromatic N) is 2. The van der Waals surface area contributed by atoms with Gasteiger partial charge in [0, 0.05) is 23.3 Å². The molecule has 2 N–H and O–H groups in total. The van der Waals surface area contributed by atoms with Gasteiger partial charge in [0.05, 0.1) is 27.7 Å². The van der Waals surface area contributed by atoms with E-state index in [1.807, 2.05) is 6.07 Å². The molecule has 6 rings (SSSR count). The molecule has 1 aliphatic carbocycles. The van der Waals surface area contributed by atoms with E-state index in [2.05, 4.69) is 10.2 Å². The molecule has 1 saturated carbocycles. The third kappa shape index (κ3) is 4.35. The molecule has 212 valence electrons. The Hall–Kier alpha value is -3.15. The van der Waals surface area contributed by atoms with Crippen molar-refractivity contribution >= 4 is 35.0 Å². The van der Waals surface area contributed by atoms with Crippen molar-refractivity contribution in [1.82, 2.24) is 9.80 Å². The fraction of sp³-hybridized carbons (Fsp3) is 0.464. The van der Waals surface area contributed by atoms with Gasteiger partial charge in [0.2, 0.25) is 5.91 Å². The minimum Gasteiger partial charge on any atom is -0.492 e. The molecule has 8 nitrogen and oxygen atoms in total. The Morgan fingerprint density at radius 2 is 1.80 bits per heavy atom. The van der Waals surface area contributed by atoms with Crippen molar-refractivity contribution in [1.29, 1.82) is 0 Å². The van der Waals surface area contributed by atoms with Gasteiger partial charge in [-0.25, -0.2) is 0 Å². The first-order valence-corrected chi connectivity index (χ1v) is 13.5. The van der Waals surface area contributed by atoms with Crippen LogP contribution in [0.4, 0.5) is 18.9 Å². The largest absolute Gasteiger partial charge is 0.492 e. The predicted octanol–water partition coefficient (Wildman–Crippen LogP) is 4.23. The quantitative estimate of drug-likeness (QED) is 0.516. The zero-order valence-corrected chi connectivity index (χ0v) is 22.4. The van der Waals surface area contributed by atoms with E-state index >= 15 is 0 Å². The summed E-state index contributed by atoms with van der Waals surface area (Å²) in [6, 6.07) is 6.65. The molecule has 4 aliphatic rings. The number of carbonyl (C=O) groups excluding carboxylic acids is 3. The Bertz CT molecular complexity index is 1430. The number of amides is 3. The highest BCUT2D eigenvalue weighted by Crippen LogP contribution is 2.46. The maximum atomic E-state index is 14.0. The second kappa shape index (κ2) is 9.19. The summed E-state index contributed by atoms with van der Waals surface area (Å²) in [5.41, 5.74) is -2.30. The first-order valence-electron chi connectivity index (χ1n) is 13.1. The van der Waals surface area contributed by atoms with Gasteiger partial charge >= 0.3 is 6.18 Å². The van der Waals surface area contributed by atoms with Gasteiger partial charge in [-0.3, -0.25) is 24.2 Å². The molecule has 12 heteroatoms. The average molecular weight is 578 g/mol. The summed E-state index contributed by atoms with van der Waals surface area (Å²) in [5, 5.41) is 13.5. The zero-order chi connectivity index (χ0) is 28.6. The Morgan fingerprint density at radius 3 is 2.45 bits per heavy atom. The molecule has 2 fully saturated rings. The van der Waals surface area contributed by atoms with Crippen LogP contribution in [-0.2, 0) is 16.4 Å². The number of imide groups is 1. The first kappa shape index (κ1) is 27.0. The number of likely N-dealkylation sites (tertiary alicyclic amines) is 1. The van der Waals surface area contributed by atoms with Crippen molar-refractivity contribution in [2.45, 2.75) is 55.8 Å². The molecule has 0 bridgehead atoms. The number of hydrogen-bond donors (Lipinski definition) is 2. The Labute approximate surface area is 233 Å². The van der Waals surface area contributed by atoms with E-state index in [4.69, 9.17) is 16.3 Å². The number of carbonyl (C=O) groups is 3. The van der Waals surface area contributed by atoms with E-state index in [0.29, 0.717) is 37.5 Å². The van der Waals surface area contributed by atoms with Gasteiger partial charge in [-0.15, -0.1) is 0 Å². The minimum absolute atomic E-state index is 0.0506. The van der Waals surface area contributed by atoms with Crippen LogP contribution in [-0.4, -0.2) is 70.5 Å². The van der Waals surface area contributed by atoms with Crippen LogP contribution < -0.4 is 10.1 Å². The summed E-state index contributed by atoms with van der Waals surface area (Å²) < 4.78 is 47.6. The Kier molecular flexibility index (Phi) is 6.21. The molecule has 0 atom stereocenters. The van der Waals surface area contributed by atoms with Crippen molar-refractivity contribution in [3.8, 4) is 5.75 Å². The van der Waals surface area contributed by atoms with Gasteiger partial charge in [0.15, 0.2) is 0 Å². The van der Waals surface area contributed by atoms with E-state index in [1.165, 1.54) is 6.07 Å². The van der Waals surface area contributed by atoms with Crippen LogP contribution >= 0.6 is 11.6 Å². The molecule has 1 spiro atoms. The minimum atomic E-state index is -4.87. The number of rotatable bonds is 5. The summed E-state index contributed by atoms with van der Waals surface area (Å²) in [6.07, 6.45) is -3.53. The fourth-order valence-electron chi connectivity index (χ4n) is 6.47.